The molecule has 168 valence electrons. The van der Waals surface area contributed by atoms with Gasteiger partial charge in [-0.05, 0) is 55.8 Å². The number of aromatic nitrogens is 1. The molecule has 32 heavy (non-hydrogen) atoms. The summed E-state index contributed by atoms with van der Waals surface area (Å²) in [6, 6.07) is 16.9. The van der Waals surface area contributed by atoms with Crippen molar-refractivity contribution in [3.05, 3.63) is 83.0 Å². The van der Waals surface area contributed by atoms with Gasteiger partial charge < -0.3 is 14.6 Å². The molecule has 1 fully saturated rings. The summed E-state index contributed by atoms with van der Waals surface area (Å²) in [4.78, 5) is 4.16. The first-order valence-electron chi connectivity index (χ1n) is 10.4. The molecule has 4 rings (SSSR count). The van der Waals surface area contributed by atoms with Gasteiger partial charge in [-0.15, -0.1) is 0 Å². The van der Waals surface area contributed by atoms with Crippen molar-refractivity contribution < 1.29 is 23.4 Å². The zero-order valence-electron chi connectivity index (χ0n) is 17.8. The number of para-hydroxylation sites is 1. The molecule has 1 aliphatic rings. The molecule has 0 bridgehead atoms. The van der Waals surface area contributed by atoms with Gasteiger partial charge in [-0.2, -0.15) is 0 Å². The van der Waals surface area contributed by atoms with E-state index < -0.39 is 30.0 Å². The fourth-order valence-electron chi connectivity index (χ4n) is 4.31. The Morgan fingerprint density at radius 3 is 2.47 bits per heavy atom. The van der Waals surface area contributed by atoms with Gasteiger partial charge in [-0.1, -0.05) is 35.9 Å². The number of hydrogen-bond donors (Lipinski definition) is 1. The quantitative estimate of drug-likeness (QED) is 0.470. The second-order valence-electron chi connectivity index (χ2n) is 8.46. The van der Waals surface area contributed by atoms with Gasteiger partial charge >= 0.3 is 0 Å². The minimum Gasteiger partial charge on any atom is -0.487 e. The number of hydrogen-bond acceptors (Lipinski definition) is 4. The van der Waals surface area contributed by atoms with E-state index in [1.54, 1.807) is 49.4 Å². The van der Waals surface area contributed by atoms with Crippen LogP contribution in [-0.4, -0.2) is 27.7 Å². The highest BCUT2D eigenvalue weighted by Gasteiger charge is 2.57. The Bertz CT molecular complexity index is 1090. The first kappa shape index (κ1) is 22.5. The van der Waals surface area contributed by atoms with E-state index in [0.29, 0.717) is 16.5 Å². The largest absolute Gasteiger partial charge is 0.487 e. The Morgan fingerprint density at radius 1 is 1.06 bits per heavy atom. The topological polar surface area (TPSA) is 51.6 Å². The van der Waals surface area contributed by atoms with Crippen LogP contribution in [0.2, 0.25) is 5.02 Å². The van der Waals surface area contributed by atoms with Crippen LogP contribution >= 0.6 is 11.6 Å². The first-order valence-corrected chi connectivity index (χ1v) is 10.7. The molecule has 0 radical (unpaired) electrons. The predicted octanol–water partition coefficient (Wildman–Crippen LogP) is 6.55. The third-order valence-electron chi connectivity index (χ3n) is 5.70. The van der Waals surface area contributed by atoms with Crippen LogP contribution in [0, 0.1) is 6.92 Å². The van der Waals surface area contributed by atoms with Crippen molar-refractivity contribution in [2.24, 2.45) is 0 Å². The van der Waals surface area contributed by atoms with Gasteiger partial charge in [-0.3, -0.25) is 0 Å². The number of ether oxygens (including phenoxy) is 2. The van der Waals surface area contributed by atoms with E-state index in [2.05, 4.69) is 4.98 Å². The van der Waals surface area contributed by atoms with Crippen molar-refractivity contribution in [1.82, 2.24) is 4.98 Å². The van der Waals surface area contributed by atoms with Crippen molar-refractivity contribution in [2.45, 2.75) is 50.2 Å². The average molecular weight is 460 g/mol. The average Bonchev–Trinajstić information content (AvgIpc) is 2.71. The zero-order valence-corrected chi connectivity index (χ0v) is 18.5. The number of halogens is 3. The molecule has 1 N–H and O–H groups in total. The summed E-state index contributed by atoms with van der Waals surface area (Å²) in [5.41, 5.74) is -0.234. The van der Waals surface area contributed by atoms with Gasteiger partial charge in [0.15, 0.2) is 0 Å². The Kier molecular flexibility index (Phi) is 6.10. The lowest BCUT2D eigenvalue weighted by atomic mass is 9.72. The van der Waals surface area contributed by atoms with E-state index in [1.807, 2.05) is 19.1 Å². The minimum atomic E-state index is -3.25. The van der Waals surface area contributed by atoms with Gasteiger partial charge in [0, 0.05) is 23.2 Å². The molecule has 1 heterocycles. The van der Waals surface area contributed by atoms with E-state index >= 15 is 8.78 Å². The van der Waals surface area contributed by atoms with Crippen molar-refractivity contribution >= 4 is 11.6 Å². The maximum atomic E-state index is 15.5. The van der Waals surface area contributed by atoms with Gasteiger partial charge in [0.25, 0.3) is 5.92 Å². The molecule has 2 aromatic carbocycles. The molecule has 3 atom stereocenters. The van der Waals surface area contributed by atoms with Gasteiger partial charge in [0.1, 0.15) is 17.1 Å². The molecule has 7 heteroatoms. The van der Waals surface area contributed by atoms with Crippen molar-refractivity contribution in [1.29, 1.82) is 0 Å². The Hall–Kier alpha value is -2.70. The molecule has 0 aliphatic heterocycles. The van der Waals surface area contributed by atoms with Crippen LogP contribution in [0.25, 0.3) is 0 Å². The van der Waals surface area contributed by atoms with E-state index in [4.69, 9.17) is 21.1 Å². The summed E-state index contributed by atoms with van der Waals surface area (Å²) in [6.45, 7) is 3.47. The summed E-state index contributed by atoms with van der Waals surface area (Å²) in [7, 11) is 0. The SMILES string of the molecule is Cc1ccccc1OC1(C)CC(O)C(c2cccnc2Oc2ccc(Cl)cc2)C(F)(F)C1. The fraction of sp³-hybridized carbons (Fsp3) is 0.320. The number of pyridine rings is 1. The molecule has 4 nitrogen and oxygen atoms in total. The van der Waals surface area contributed by atoms with Gasteiger partial charge in [-0.25, -0.2) is 13.8 Å². The number of nitrogens with zero attached hydrogens (tertiary/aromatic N) is 1. The summed E-state index contributed by atoms with van der Waals surface area (Å²) in [5, 5.41) is 11.4. The fourth-order valence-corrected chi connectivity index (χ4v) is 4.44. The molecule has 0 spiro atoms. The lowest BCUT2D eigenvalue weighted by molar-refractivity contribution is -0.160. The lowest BCUT2D eigenvalue weighted by Gasteiger charge is -2.45. The van der Waals surface area contributed by atoms with E-state index in [9.17, 15) is 5.11 Å². The molecule has 1 aromatic heterocycles. The van der Waals surface area contributed by atoms with Crippen LogP contribution in [0.5, 0.6) is 17.4 Å². The maximum absolute atomic E-state index is 15.5. The van der Waals surface area contributed by atoms with Crippen molar-refractivity contribution in [3.8, 4) is 17.4 Å². The highest BCUT2D eigenvalue weighted by atomic mass is 35.5. The molecule has 1 saturated carbocycles. The minimum absolute atomic E-state index is 0.0296. The monoisotopic (exact) mass is 459 g/mol. The molecular weight excluding hydrogens is 436 g/mol. The van der Waals surface area contributed by atoms with Gasteiger partial charge in [0.2, 0.25) is 5.88 Å². The third-order valence-corrected chi connectivity index (χ3v) is 5.96. The summed E-state index contributed by atoms with van der Waals surface area (Å²) < 4.78 is 42.8. The second kappa shape index (κ2) is 8.68. The molecule has 0 saturated heterocycles. The van der Waals surface area contributed by atoms with Crippen LogP contribution < -0.4 is 9.47 Å². The van der Waals surface area contributed by atoms with Crippen LogP contribution in [0.3, 0.4) is 0 Å². The number of benzene rings is 2. The highest BCUT2D eigenvalue weighted by molar-refractivity contribution is 6.30. The standard InChI is InChI=1S/C25H24ClF2NO3/c1-16-6-3-4-8-21(16)32-24(2)14-20(30)22(25(27,28)15-24)19-7-5-13-29-23(19)31-18-11-9-17(26)10-12-18/h3-13,20,22,30H,14-15H2,1-2H3. The van der Waals surface area contributed by atoms with E-state index in [-0.39, 0.29) is 17.9 Å². The van der Waals surface area contributed by atoms with Gasteiger partial charge in [0.05, 0.1) is 18.4 Å². The summed E-state index contributed by atoms with van der Waals surface area (Å²) in [6.07, 6.45) is -0.403. The molecule has 1 aliphatic carbocycles. The van der Waals surface area contributed by atoms with Crippen LogP contribution in [-0.2, 0) is 0 Å². The number of aryl methyl sites for hydroxylation is 1. The maximum Gasteiger partial charge on any atom is 0.261 e. The Morgan fingerprint density at radius 2 is 1.78 bits per heavy atom. The van der Waals surface area contributed by atoms with Crippen LogP contribution in [0.4, 0.5) is 8.78 Å². The van der Waals surface area contributed by atoms with E-state index in [1.165, 1.54) is 12.3 Å². The zero-order chi connectivity index (χ0) is 22.9. The molecule has 0 amide bonds. The van der Waals surface area contributed by atoms with Crippen molar-refractivity contribution in [3.63, 3.8) is 0 Å². The predicted molar refractivity (Wildman–Crippen MR) is 119 cm³/mol. The third kappa shape index (κ3) is 4.71. The number of rotatable bonds is 5. The number of alkyl halides is 2. The smallest absolute Gasteiger partial charge is 0.261 e. The Balaban J connectivity index is 1.62. The van der Waals surface area contributed by atoms with E-state index in [0.717, 1.165) is 5.56 Å². The van der Waals surface area contributed by atoms with Crippen LogP contribution in [0.1, 0.15) is 36.8 Å². The normalized spacial score (nSPS) is 24.7. The van der Waals surface area contributed by atoms with Crippen LogP contribution in [0.15, 0.2) is 66.9 Å². The summed E-state index contributed by atoms with van der Waals surface area (Å²) in [5.74, 6) is -3.76. The number of aliphatic hydroxyl groups excluding tert-OH is 1. The van der Waals surface area contributed by atoms with Crippen molar-refractivity contribution in [2.75, 3.05) is 0 Å². The second-order valence-corrected chi connectivity index (χ2v) is 8.89. The summed E-state index contributed by atoms with van der Waals surface area (Å²) >= 11 is 5.90. The number of aliphatic hydroxyl groups is 1. The first-order chi connectivity index (χ1) is 15.2. The molecule has 3 unspecified atom stereocenters. The lowest BCUT2D eigenvalue weighted by Crippen LogP contribution is -2.53. The highest BCUT2D eigenvalue weighted by Crippen LogP contribution is 2.51. The molecule has 3 aromatic rings. The Labute approximate surface area is 190 Å². The molecular formula is C25H24ClF2NO3.